The van der Waals surface area contributed by atoms with Crippen LogP contribution in [0.1, 0.15) is 36.1 Å². The van der Waals surface area contributed by atoms with Gasteiger partial charge in [0.1, 0.15) is 0 Å². The molecule has 0 aliphatic heterocycles. The normalized spacial score (nSPS) is 12.2. The second-order valence-corrected chi connectivity index (χ2v) is 17.3. The fourth-order valence-corrected chi connectivity index (χ4v) is 9.56. The SMILES string of the molecule is Cc1ccc(-c2c3ccccc3c(-c3cccc(CN(c4ccccc4)c4ccccc4)c3)c3cc4c(cc23)-c2ccccc2C4(C)C)cc1.Nc1ccccc1Nc1ccccc1. The molecule has 3 N–H and O–H groups in total. The Bertz CT molecular complexity index is 3210. The maximum Gasteiger partial charge on any atom is 0.0617 e. The van der Waals surface area contributed by atoms with Gasteiger partial charge in [-0.25, -0.2) is 0 Å². The van der Waals surface area contributed by atoms with Crippen LogP contribution in [0, 0.1) is 6.92 Å². The van der Waals surface area contributed by atoms with E-state index in [2.05, 4.69) is 201 Å². The lowest BCUT2D eigenvalue weighted by molar-refractivity contribution is 0.661. The lowest BCUT2D eigenvalue weighted by atomic mass is 9.79. The highest BCUT2D eigenvalue weighted by Crippen LogP contribution is 2.53. The van der Waals surface area contributed by atoms with Crippen molar-refractivity contribution in [1.82, 2.24) is 0 Å². The first-order valence-corrected chi connectivity index (χ1v) is 22.2. The van der Waals surface area contributed by atoms with Crippen LogP contribution in [0.25, 0.3) is 54.9 Å². The number of nitrogens with one attached hydrogen (secondary N) is 1. The zero-order valence-electron chi connectivity index (χ0n) is 36.6. The molecule has 0 heterocycles. The van der Waals surface area contributed by atoms with Crippen LogP contribution in [-0.4, -0.2) is 0 Å². The van der Waals surface area contributed by atoms with Gasteiger partial charge in [-0.05, 0) is 145 Å². The van der Waals surface area contributed by atoms with Crippen LogP contribution in [-0.2, 0) is 12.0 Å². The Morgan fingerprint density at radius 2 is 1.02 bits per heavy atom. The monoisotopic (exact) mass is 825 g/mol. The smallest absolute Gasteiger partial charge is 0.0617 e. The van der Waals surface area contributed by atoms with Gasteiger partial charge in [0.2, 0.25) is 0 Å². The summed E-state index contributed by atoms with van der Waals surface area (Å²) in [4.78, 5) is 2.41. The number of benzene rings is 10. The van der Waals surface area contributed by atoms with Gasteiger partial charge < -0.3 is 16.0 Å². The Labute approximate surface area is 377 Å². The maximum atomic E-state index is 5.81. The molecular weight excluding hydrogens is 775 g/mol. The van der Waals surface area contributed by atoms with Crippen LogP contribution < -0.4 is 16.0 Å². The summed E-state index contributed by atoms with van der Waals surface area (Å²) < 4.78 is 0. The highest BCUT2D eigenvalue weighted by molar-refractivity contribution is 6.22. The van der Waals surface area contributed by atoms with Gasteiger partial charge in [-0.2, -0.15) is 0 Å². The first-order chi connectivity index (χ1) is 31.3. The maximum absolute atomic E-state index is 5.81. The summed E-state index contributed by atoms with van der Waals surface area (Å²) >= 11 is 0. The molecule has 64 heavy (non-hydrogen) atoms. The Hall–Kier alpha value is -7.88. The number of nitrogens with two attached hydrogens (primary N) is 1. The zero-order chi connectivity index (χ0) is 43.6. The number of hydrogen-bond donors (Lipinski definition) is 2. The molecule has 0 atom stereocenters. The Morgan fingerprint density at radius 1 is 0.453 bits per heavy atom. The minimum Gasteiger partial charge on any atom is -0.397 e. The van der Waals surface area contributed by atoms with Gasteiger partial charge in [0, 0.05) is 29.0 Å². The summed E-state index contributed by atoms with van der Waals surface area (Å²) in [6.45, 7) is 7.69. The molecule has 10 aromatic rings. The second-order valence-electron chi connectivity index (χ2n) is 17.3. The highest BCUT2D eigenvalue weighted by atomic mass is 15.1. The average molecular weight is 826 g/mol. The van der Waals surface area contributed by atoms with Gasteiger partial charge in [-0.3, -0.25) is 0 Å². The number of hydrogen-bond acceptors (Lipinski definition) is 3. The molecule has 1 aliphatic rings. The fourth-order valence-electron chi connectivity index (χ4n) is 9.56. The molecule has 0 fully saturated rings. The molecule has 0 radical (unpaired) electrons. The molecule has 0 aromatic heterocycles. The van der Waals surface area contributed by atoms with Gasteiger partial charge in [0.25, 0.3) is 0 Å². The van der Waals surface area contributed by atoms with Gasteiger partial charge in [0.15, 0.2) is 0 Å². The molecule has 0 saturated heterocycles. The van der Waals surface area contributed by atoms with E-state index in [1.54, 1.807) is 0 Å². The molecule has 0 bridgehead atoms. The molecule has 0 unspecified atom stereocenters. The van der Waals surface area contributed by atoms with E-state index in [1.165, 1.54) is 88.6 Å². The van der Waals surface area contributed by atoms with Crippen molar-refractivity contribution < 1.29 is 0 Å². The quantitative estimate of drug-likeness (QED) is 0.118. The standard InChI is InChI=1S/C49H39N.C12H12N2/c1-33-25-27-35(28-26-33)47-40-22-10-11-23-41(40)48(44-31-46-42(30-43(44)47)39-21-12-13-24-45(39)49(46,2)3)36-16-14-15-34(29-36)32-50(37-17-6-4-7-18-37)38-19-8-5-9-20-38;13-11-8-4-5-9-12(11)14-10-6-2-1-3-7-10/h4-31H,32H2,1-3H3;1-9,14H,13H2. The number of para-hydroxylation sites is 5. The van der Waals surface area contributed by atoms with E-state index in [1.807, 2.05) is 54.6 Å². The van der Waals surface area contributed by atoms with Crippen LogP contribution in [0.15, 0.2) is 224 Å². The van der Waals surface area contributed by atoms with Crippen LogP contribution in [0.4, 0.5) is 28.4 Å². The summed E-state index contributed by atoms with van der Waals surface area (Å²) in [7, 11) is 0. The molecule has 0 saturated carbocycles. The van der Waals surface area contributed by atoms with Crippen LogP contribution in [0.2, 0.25) is 0 Å². The summed E-state index contributed by atoms with van der Waals surface area (Å²) in [5.74, 6) is 0. The molecule has 310 valence electrons. The van der Waals surface area contributed by atoms with E-state index in [4.69, 9.17) is 5.73 Å². The zero-order valence-corrected chi connectivity index (χ0v) is 36.6. The Balaban J connectivity index is 0.000000295. The van der Waals surface area contributed by atoms with Crippen LogP contribution >= 0.6 is 0 Å². The van der Waals surface area contributed by atoms with E-state index in [-0.39, 0.29) is 5.41 Å². The molecule has 10 aromatic carbocycles. The van der Waals surface area contributed by atoms with Gasteiger partial charge >= 0.3 is 0 Å². The van der Waals surface area contributed by atoms with Crippen molar-refractivity contribution in [3.8, 4) is 33.4 Å². The molecule has 11 rings (SSSR count). The highest BCUT2D eigenvalue weighted by Gasteiger charge is 2.36. The summed E-state index contributed by atoms with van der Waals surface area (Å²) in [5, 5.41) is 8.42. The second kappa shape index (κ2) is 17.1. The van der Waals surface area contributed by atoms with Crippen molar-refractivity contribution in [3.63, 3.8) is 0 Å². The summed E-state index contributed by atoms with van der Waals surface area (Å²) in [6.07, 6.45) is 0. The third kappa shape index (κ3) is 7.67. The Kier molecular flexibility index (Phi) is 10.8. The van der Waals surface area contributed by atoms with Crippen molar-refractivity contribution in [2.45, 2.75) is 32.7 Å². The predicted octanol–water partition coefficient (Wildman–Crippen LogP) is 16.3. The topological polar surface area (TPSA) is 41.3 Å². The predicted molar refractivity (Wildman–Crippen MR) is 274 cm³/mol. The molecular formula is C61H51N3. The van der Waals surface area contributed by atoms with Crippen LogP contribution in [0.5, 0.6) is 0 Å². The number of nitrogens with zero attached hydrogens (tertiary/aromatic N) is 1. The third-order valence-corrected chi connectivity index (χ3v) is 12.8. The molecule has 3 nitrogen and oxygen atoms in total. The number of aryl methyl sites for hydroxylation is 1. The van der Waals surface area contributed by atoms with E-state index in [9.17, 15) is 0 Å². The van der Waals surface area contributed by atoms with E-state index in [0.717, 1.165) is 23.6 Å². The van der Waals surface area contributed by atoms with Crippen molar-refractivity contribution >= 4 is 50.0 Å². The minimum absolute atomic E-state index is 0.0965. The lowest BCUT2D eigenvalue weighted by Crippen LogP contribution is -2.16. The molecule has 3 heteroatoms. The fraction of sp³-hybridized carbons (Fsp3) is 0.0820. The number of nitrogen functional groups attached to an aromatic ring is 1. The third-order valence-electron chi connectivity index (χ3n) is 12.8. The first-order valence-electron chi connectivity index (χ1n) is 22.2. The van der Waals surface area contributed by atoms with E-state index >= 15 is 0 Å². The molecule has 1 aliphatic carbocycles. The van der Waals surface area contributed by atoms with Crippen LogP contribution in [0.3, 0.4) is 0 Å². The van der Waals surface area contributed by atoms with Crippen molar-refractivity contribution in [2.24, 2.45) is 0 Å². The van der Waals surface area contributed by atoms with E-state index in [0.29, 0.717) is 0 Å². The van der Waals surface area contributed by atoms with Gasteiger partial charge in [-0.15, -0.1) is 0 Å². The van der Waals surface area contributed by atoms with E-state index < -0.39 is 0 Å². The number of anilines is 5. The Morgan fingerprint density at radius 3 is 1.69 bits per heavy atom. The average Bonchev–Trinajstić information content (AvgIpc) is 3.56. The lowest BCUT2D eigenvalue weighted by Gasteiger charge is -2.26. The van der Waals surface area contributed by atoms with Crippen molar-refractivity contribution in [3.05, 3.63) is 247 Å². The molecule has 0 spiro atoms. The van der Waals surface area contributed by atoms with Crippen molar-refractivity contribution in [1.29, 1.82) is 0 Å². The van der Waals surface area contributed by atoms with Gasteiger partial charge in [-0.1, -0.05) is 177 Å². The largest absolute Gasteiger partial charge is 0.397 e. The number of fused-ring (bicyclic) bond motifs is 5. The first kappa shape index (κ1) is 40.2. The van der Waals surface area contributed by atoms with Crippen molar-refractivity contribution in [2.75, 3.05) is 16.0 Å². The minimum atomic E-state index is -0.0965. The summed E-state index contributed by atoms with van der Waals surface area (Å²) in [5.41, 5.74) is 24.0. The number of rotatable bonds is 8. The molecule has 0 amide bonds. The van der Waals surface area contributed by atoms with Gasteiger partial charge in [0.05, 0.1) is 11.4 Å². The summed E-state index contributed by atoms with van der Waals surface area (Å²) in [6, 6.07) is 80.4.